The Morgan fingerprint density at radius 1 is 1.00 bits per heavy atom. The van der Waals surface area contributed by atoms with E-state index in [-0.39, 0.29) is 29.2 Å². The van der Waals surface area contributed by atoms with E-state index in [9.17, 15) is 9.90 Å². The molecule has 1 heterocycles. The van der Waals surface area contributed by atoms with Crippen LogP contribution in [0, 0.1) is 0 Å². The SMILES string of the molecule is CC(C)(C)NC(=O)C[N+]1=C(/C=C/c2c(O)ccc3ccccc23)C(C)(C)c2ccccc21. The molecule has 0 saturated carbocycles. The lowest BCUT2D eigenvalue weighted by Crippen LogP contribution is -2.44. The first kappa shape index (κ1) is 21.8. The Bertz CT molecular complexity index is 1260. The summed E-state index contributed by atoms with van der Waals surface area (Å²) in [6.07, 6.45) is 4.02. The van der Waals surface area contributed by atoms with Crippen LogP contribution in [0.3, 0.4) is 0 Å². The molecule has 0 fully saturated rings. The number of para-hydroxylation sites is 1. The standard InChI is InChI=1S/C28H30N2O2/c1-27(2,3)29-26(32)18-30-23-13-9-8-12-22(23)28(4,5)25(30)17-15-21-20-11-7-6-10-19(20)14-16-24(21)31/h6-17H,18H2,1-5H3,(H,29,32)/p+1. The van der Waals surface area contributed by atoms with Crippen molar-refractivity contribution < 1.29 is 14.5 Å². The first-order chi connectivity index (χ1) is 15.1. The molecule has 164 valence electrons. The van der Waals surface area contributed by atoms with Gasteiger partial charge < -0.3 is 10.4 Å². The summed E-state index contributed by atoms with van der Waals surface area (Å²) in [5.74, 6) is 0.217. The normalized spacial score (nSPS) is 15.4. The average Bonchev–Trinajstić information content (AvgIpc) is 2.93. The van der Waals surface area contributed by atoms with Gasteiger partial charge in [0.25, 0.3) is 5.91 Å². The molecule has 1 amide bonds. The fourth-order valence-corrected chi connectivity index (χ4v) is 4.53. The fraction of sp³-hybridized carbons (Fsp3) is 0.286. The van der Waals surface area contributed by atoms with E-state index in [2.05, 4.69) is 35.9 Å². The number of fused-ring (bicyclic) bond motifs is 2. The van der Waals surface area contributed by atoms with Crippen molar-refractivity contribution in [3.63, 3.8) is 0 Å². The third-order valence-electron chi connectivity index (χ3n) is 5.97. The van der Waals surface area contributed by atoms with E-state index in [1.54, 1.807) is 6.07 Å². The minimum Gasteiger partial charge on any atom is -0.507 e. The number of carbonyl (C=O) groups is 1. The topological polar surface area (TPSA) is 52.3 Å². The Morgan fingerprint density at radius 3 is 2.44 bits per heavy atom. The van der Waals surface area contributed by atoms with Gasteiger partial charge in [-0.1, -0.05) is 48.5 Å². The summed E-state index contributed by atoms with van der Waals surface area (Å²) in [4.78, 5) is 12.9. The van der Waals surface area contributed by atoms with Gasteiger partial charge >= 0.3 is 0 Å². The van der Waals surface area contributed by atoms with Crippen molar-refractivity contribution in [3.05, 3.63) is 77.9 Å². The first-order valence-corrected chi connectivity index (χ1v) is 11.0. The molecule has 0 unspecified atom stereocenters. The Balaban J connectivity index is 1.82. The van der Waals surface area contributed by atoms with E-state index in [4.69, 9.17) is 0 Å². The number of phenols is 1. The van der Waals surface area contributed by atoms with Crippen LogP contribution in [0.4, 0.5) is 5.69 Å². The quantitative estimate of drug-likeness (QED) is 0.537. The number of amides is 1. The molecule has 0 radical (unpaired) electrons. The molecule has 0 spiro atoms. The van der Waals surface area contributed by atoms with Gasteiger partial charge in [0.1, 0.15) is 5.75 Å². The molecule has 4 heteroatoms. The number of phenolic OH excluding ortho intramolecular Hbond substituents is 1. The highest BCUT2D eigenvalue weighted by Gasteiger charge is 2.44. The van der Waals surface area contributed by atoms with Gasteiger partial charge in [0.05, 0.1) is 5.41 Å². The van der Waals surface area contributed by atoms with Crippen LogP contribution in [0.2, 0.25) is 0 Å². The van der Waals surface area contributed by atoms with E-state index in [0.717, 1.165) is 27.7 Å². The van der Waals surface area contributed by atoms with Crippen LogP contribution in [-0.4, -0.2) is 33.4 Å². The molecule has 0 atom stereocenters. The molecule has 3 aromatic rings. The van der Waals surface area contributed by atoms with Gasteiger partial charge in [-0.15, -0.1) is 0 Å². The summed E-state index contributed by atoms with van der Waals surface area (Å²) < 4.78 is 2.09. The van der Waals surface area contributed by atoms with E-state index in [1.807, 2.05) is 75.4 Å². The van der Waals surface area contributed by atoms with E-state index in [1.165, 1.54) is 5.56 Å². The summed E-state index contributed by atoms with van der Waals surface area (Å²) in [6.45, 7) is 10.5. The molecule has 1 aliphatic heterocycles. The van der Waals surface area contributed by atoms with Gasteiger partial charge in [-0.2, -0.15) is 4.58 Å². The van der Waals surface area contributed by atoms with E-state index in [0.29, 0.717) is 0 Å². The zero-order valence-electron chi connectivity index (χ0n) is 19.4. The maximum atomic E-state index is 12.9. The minimum absolute atomic E-state index is 0.0242. The zero-order chi connectivity index (χ0) is 23.1. The van der Waals surface area contributed by atoms with Gasteiger partial charge in [-0.3, -0.25) is 4.79 Å². The third kappa shape index (κ3) is 4.05. The maximum Gasteiger partial charge on any atom is 0.286 e. The van der Waals surface area contributed by atoms with Gasteiger partial charge in [0.15, 0.2) is 5.71 Å². The van der Waals surface area contributed by atoms with Gasteiger partial charge in [-0.25, -0.2) is 0 Å². The van der Waals surface area contributed by atoms with Crippen LogP contribution >= 0.6 is 0 Å². The Kier molecular flexibility index (Phi) is 5.41. The fourth-order valence-electron chi connectivity index (χ4n) is 4.53. The lowest BCUT2D eigenvalue weighted by molar-refractivity contribution is -0.425. The molecule has 4 rings (SSSR count). The number of aromatic hydroxyl groups is 1. The van der Waals surface area contributed by atoms with Gasteiger partial charge in [-0.05, 0) is 57.5 Å². The highest BCUT2D eigenvalue weighted by atomic mass is 16.3. The maximum absolute atomic E-state index is 12.9. The van der Waals surface area contributed by atoms with Crippen LogP contribution in [0.15, 0.2) is 66.7 Å². The van der Waals surface area contributed by atoms with Crippen LogP contribution < -0.4 is 5.32 Å². The molecular formula is C28H31N2O2+. The van der Waals surface area contributed by atoms with Crippen LogP contribution in [0.25, 0.3) is 16.8 Å². The van der Waals surface area contributed by atoms with Crippen molar-refractivity contribution >= 4 is 34.2 Å². The van der Waals surface area contributed by atoms with Gasteiger partial charge in [0, 0.05) is 28.8 Å². The number of allylic oxidation sites excluding steroid dienone is 1. The van der Waals surface area contributed by atoms with Crippen molar-refractivity contribution in [2.24, 2.45) is 0 Å². The highest BCUT2D eigenvalue weighted by molar-refractivity contribution is 6.07. The van der Waals surface area contributed by atoms with Crippen molar-refractivity contribution in [1.82, 2.24) is 5.32 Å². The van der Waals surface area contributed by atoms with Crippen LogP contribution in [0.5, 0.6) is 5.75 Å². The van der Waals surface area contributed by atoms with Crippen molar-refractivity contribution in [3.8, 4) is 5.75 Å². The summed E-state index contributed by atoms with van der Waals surface area (Å²) in [7, 11) is 0. The number of hydrogen-bond acceptors (Lipinski definition) is 2. The van der Waals surface area contributed by atoms with Crippen molar-refractivity contribution in [1.29, 1.82) is 0 Å². The second-order valence-electron chi connectivity index (χ2n) is 9.96. The number of rotatable bonds is 4. The summed E-state index contributed by atoms with van der Waals surface area (Å²) >= 11 is 0. The molecular weight excluding hydrogens is 396 g/mol. The second-order valence-corrected chi connectivity index (χ2v) is 9.96. The Morgan fingerprint density at radius 2 is 1.69 bits per heavy atom. The number of hydrogen-bond donors (Lipinski definition) is 2. The molecule has 0 aromatic heterocycles. The molecule has 0 aliphatic carbocycles. The van der Waals surface area contributed by atoms with Crippen molar-refractivity contribution in [2.45, 2.75) is 45.6 Å². The average molecular weight is 428 g/mol. The first-order valence-electron chi connectivity index (χ1n) is 11.0. The largest absolute Gasteiger partial charge is 0.507 e. The van der Waals surface area contributed by atoms with Crippen LogP contribution in [0.1, 0.15) is 45.7 Å². The number of nitrogens with one attached hydrogen (secondary N) is 1. The van der Waals surface area contributed by atoms with Crippen molar-refractivity contribution in [2.75, 3.05) is 6.54 Å². The summed E-state index contributed by atoms with van der Waals surface area (Å²) in [6, 6.07) is 19.9. The number of nitrogens with zero attached hydrogens (tertiary/aromatic N) is 1. The second kappa shape index (κ2) is 7.94. The Labute approximate surface area is 189 Å². The monoisotopic (exact) mass is 427 g/mol. The molecule has 0 bridgehead atoms. The molecule has 0 saturated heterocycles. The zero-order valence-corrected chi connectivity index (χ0v) is 19.4. The number of benzene rings is 3. The minimum atomic E-state index is -0.295. The molecule has 3 aromatic carbocycles. The molecule has 32 heavy (non-hydrogen) atoms. The van der Waals surface area contributed by atoms with Crippen LogP contribution in [-0.2, 0) is 10.2 Å². The van der Waals surface area contributed by atoms with E-state index >= 15 is 0 Å². The van der Waals surface area contributed by atoms with E-state index < -0.39 is 0 Å². The molecule has 1 aliphatic rings. The number of carbonyl (C=O) groups excluding carboxylic acids is 1. The highest BCUT2D eigenvalue weighted by Crippen LogP contribution is 2.40. The lowest BCUT2D eigenvalue weighted by atomic mass is 9.81. The smallest absolute Gasteiger partial charge is 0.286 e. The van der Waals surface area contributed by atoms with Gasteiger partial charge in [0.2, 0.25) is 12.2 Å². The lowest BCUT2D eigenvalue weighted by Gasteiger charge is -2.19. The predicted molar refractivity (Wildman–Crippen MR) is 132 cm³/mol. The summed E-state index contributed by atoms with van der Waals surface area (Å²) in [5, 5.41) is 15.7. The summed E-state index contributed by atoms with van der Waals surface area (Å²) in [5.41, 5.74) is 3.46. The predicted octanol–water partition coefficient (Wildman–Crippen LogP) is 5.55. The molecule has 2 N–H and O–H groups in total. The Hall–Kier alpha value is -3.40. The third-order valence-corrected chi connectivity index (χ3v) is 5.97. The molecule has 4 nitrogen and oxygen atoms in total.